The molecule has 0 aliphatic heterocycles. The fourth-order valence-electron chi connectivity index (χ4n) is 1.59. The second-order valence-corrected chi connectivity index (χ2v) is 4.20. The molecule has 0 saturated heterocycles. The molecule has 1 nitrogen and oxygen atoms in total. The highest BCUT2D eigenvalue weighted by Gasteiger charge is 2.02. The SMILES string of the molecule is C#C/C=C\C=C(\F)CCCNC(CC)C/C=C\C=C. The van der Waals surface area contributed by atoms with Crippen LogP contribution in [-0.4, -0.2) is 12.6 Å². The van der Waals surface area contributed by atoms with Crippen LogP contribution in [0, 0.1) is 12.3 Å². The van der Waals surface area contributed by atoms with E-state index in [1.165, 1.54) is 12.2 Å². The van der Waals surface area contributed by atoms with Gasteiger partial charge in [0.25, 0.3) is 0 Å². The Hall–Kier alpha value is -1.59. The van der Waals surface area contributed by atoms with E-state index in [1.807, 2.05) is 6.08 Å². The molecule has 19 heavy (non-hydrogen) atoms. The van der Waals surface area contributed by atoms with Crippen molar-refractivity contribution in [2.75, 3.05) is 6.54 Å². The summed E-state index contributed by atoms with van der Waals surface area (Å²) >= 11 is 0. The van der Waals surface area contributed by atoms with Crippen LogP contribution in [-0.2, 0) is 0 Å². The maximum Gasteiger partial charge on any atom is 0.1000 e. The monoisotopic (exact) mass is 261 g/mol. The summed E-state index contributed by atoms with van der Waals surface area (Å²) in [6, 6.07) is 0.449. The van der Waals surface area contributed by atoms with Crippen molar-refractivity contribution in [2.24, 2.45) is 0 Å². The summed E-state index contributed by atoms with van der Waals surface area (Å²) in [6.45, 7) is 6.60. The van der Waals surface area contributed by atoms with Crippen molar-refractivity contribution < 1.29 is 4.39 Å². The molecule has 0 heterocycles. The van der Waals surface area contributed by atoms with Gasteiger partial charge in [-0.05, 0) is 38.0 Å². The standard InChI is InChI=1S/C17H24FN/c1-4-7-9-12-16(18)13-11-15-19-17(6-3)14-10-8-5-2/h1,5,7-10,12,17,19H,2,6,11,13-15H2,3H3/b9-7-,10-8-,16-12+. The van der Waals surface area contributed by atoms with Gasteiger partial charge in [0.1, 0.15) is 0 Å². The maximum absolute atomic E-state index is 13.3. The van der Waals surface area contributed by atoms with E-state index in [4.69, 9.17) is 6.42 Å². The van der Waals surface area contributed by atoms with Crippen molar-refractivity contribution in [3.8, 4) is 12.3 Å². The van der Waals surface area contributed by atoms with Crippen molar-refractivity contribution in [2.45, 2.75) is 38.6 Å². The van der Waals surface area contributed by atoms with E-state index in [-0.39, 0.29) is 5.83 Å². The normalized spacial score (nSPS) is 13.8. The van der Waals surface area contributed by atoms with E-state index in [9.17, 15) is 4.39 Å². The van der Waals surface area contributed by atoms with Gasteiger partial charge in [0.2, 0.25) is 0 Å². The second kappa shape index (κ2) is 12.9. The zero-order chi connectivity index (χ0) is 14.3. The lowest BCUT2D eigenvalue weighted by Crippen LogP contribution is -2.28. The minimum Gasteiger partial charge on any atom is -0.314 e. The highest BCUT2D eigenvalue weighted by atomic mass is 19.1. The molecule has 0 spiro atoms. The highest BCUT2D eigenvalue weighted by molar-refractivity contribution is 5.17. The van der Waals surface area contributed by atoms with E-state index in [2.05, 4.69) is 30.8 Å². The van der Waals surface area contributed by atoms with Crippen LogP contribution in [0.2, 0.25) is 0 Å². The van der Waals surface area contributed by atoms with Gasteiger partial charge in [-0.25, -0.2) is 4.39 Å². The van der Waals surface area contributed by atoms with E-state index >= 15 is 0 Å². The first-order valence-electron chi connectivity index (χ1n) is 6.72. The number of hydrogen-bond acceptors (Lipinski definition) is 1. The van der Waals surface area contributed by atoms with Gasteiger partial charge in [0.15, 0.2) is 0 Å². The van der Waals surface area contributed by atoms with Crippen LogP contribution in [0.15, 0.2) is 48.9 Å². The van der Waals surface area contributed by atoms with Crippen LogP contribution in [0.25, 0.3) is 0 Å². The minimum absolute atomic E-state index is 0.132. The maximum atomic E-state index is 13.3. The summed E-state index contributed by atoms with van der Waals surface area (Å²) in [5, 5.41) is 3.42. The topological polar surface area (TPSA) is 12.0 Å². The molecule has 0 amide bonds. The number of nitrogens with one attached hydrogen (secondary N) is 1. The van der Waals surface area contributed by atoms with Gasteiger partial charge in [-0.3, -0.25) is 0 Å². The lowest BCUT2D eigenvalue weighted by atomic mass is 10.1. The molecule has 2 heteroatoms. The van der Waals surface area contributed by atoms with Crippen LogP contribution < -0.4 is 5.32 Å². The first-order valence-corrected chi connectivity index (χ1v) is 6.72. The first kappa shape index (κ1) is 17.4. The van der Waals surface area contributed by atoms with E-state index in [0.29, 0.717) is 12.5 Å². The molecule has 0 aromatic heterocycles. The molecule has 0 saturated carbocycles. The molecule has 0 rings (SSSR count). The molecule has 0 aromatic rings. The fourth-order valence-corrected chi connectivity index (χ4v) is 1.59. The molecule has 0 radical (unpaired) electrons. The van der Waals surface area contributed by atoms with Crippen LogP contribution in [0.1, 0.15) is 32.6 Å². The average Bonchev–Trinajstić information content (AvgIpc) is 2.42. The van der Waals surface area contributed by atoms with E-state index in [1.54, 1.807) is 12.2 Å². The molecular formula is C17H24FN. The number of terminal acetylenes is 1. The second-order valence-electron chi connectivity index (χ2n) is 4.20. The van der Waals surface area contributed by atoms with Crippen LogP contribution in [0.5, 0.6) is 0 Å². The summed E-state index contributed by atoms with van der Waals surface area (Å²) in [6.07, 6.45) is 18.6. The zero-order valence-corrected chi connectivity index (χ0v) is 11.7. The Morgan fingerprint density at radius 3 is 2.89 bits per heavy atom. The molecule has 0 aliphatic rings. The minimum atomic E-state index is -0.132. The van der Waals surface area contributed by atoms with Crippen molar-refractivity contribution in [3.63, 3.8) is 0 Å². The number of rotatable bonds is 10. The van der Waals surface area contributed by atoms with Gasteiger partial charge in [-0.1, -0.05) is 43.7 Å². The third-order valence-electron chi connectivity index (χ3n) is 2.68. The Kier molecular flexibility index (Phi) is 11.8. The molecule has 0 bridgehead atoms. The van der Waals surface area contributed by atoms with Crippen LogP contribution >= 0.6 is 0 Å². The number of hydrogen-bond donors (Lipinski definition) is 1. The number of allylic oxidation sites excluding steroid dienone is 6. The summed E-state index contributed by atoms with van der Waals surface area (Å²) in [5.41, 5.74) is 0. The van der Waals surface area contributed by atoms with Crippen molar-refractivity contribution >= 4 is 0 Å². The third kappa shape index (κ3) is 11.2. The Morgan fingerprint density at radius 2 is 2.26 bits per heavy atom. The summed E-state index contributed by atoms with van der Waals surface area (Å²) < 4.78 is 13.3. The molecule has 1 unspecified atom stereocenters. The van der Waals surface area contributed by atoms with Crippen LogP contribution in [0.4, 0.5) is 4.39 Å². The lowest BCUT2D eigenvalue weighted by molar-refractivity contribution is 0.481. The lowest BCUT2D eigenvalue weighted by Gasteiger charge is -2.14. The van der Waals surface area contributed by atoms with E-state index < -0.39 is 0 Å². The molecule has 1 atom stereocenters. The van der Waals surface area contributed by atoms with Crippen molar-refractivity contribution in [1.82, 2.24) is 5.32 Å². The molecule has 0 aromatic carbocycles. The summed E-state index contributed by atoms with van der Waals surface area (Å²) in [7, 11) is 0. The first-order chi connectivity index (χ1) is 9.24. The fraction of sp³-hybridized carbons (Fsp3) is 0.412. The molecular weight excluding hydrogens is 237 g/mol. The highest BCUT2D eigenvalue weighted by Crippen LogP contribution is 2.07. The summed E-state index contributed by atoms with van der Waals surface area (Å²) in [4.78, 5) is 0. The Labute approximate surface area is 117 Å². The Balaban J connectivity index is 3.79. The number of halogens is 1. The molecule has 0 fully saturated rings. The molecule has 104 valence electrons. The third-order valence-corrected chi connectivity index (χ3v) is 2.68. The van der Waals surface area contributed by atoms with Gasteiger partial charge in [0.05, 0.1) is 5.83 Å². The van der Waals surface area contributed by atoms with Gasteiger partial charge in [0, 0.05) is 12.5 Å². The molecule has 1 N–H and O–H groups in total. The largest absolute Gasteiger partial charge is 0.314 e. The Morgan fingerprint density at radius 1 is 1.47 bits per heavy atom. The van der Waals surface area contributed by atoms with Gasteiger partial charge < -0.3 is 5.32 Å². The Bertz CT molecular complexity index is 358. The van der Waals surface area contributed by atoms with Gasteiger partial charge in [-0.15, -0.1) is 6.42 Å². The van der Waals surface area contributed by atoms with Crippen molar-refractivity contribution in [1.29, 1.82) is 0 Å². The van der Waals surface area contributed by atoms with Crippen LogP contribution in [0.3, 0.4) is 0 Å². The van der Waals surface area contributed by atoms with Gasteiger partial charge in [-0.2, -0.15) is 0 Å². The predicted octanol–water partition coefficient (Wildman–Crippen LogP) is 4.31. The van der Waals surface area contributed by atoms with Crippen molar-refractivity contribution in [3.05, 3.63) is 48.9 Å². The molecule has 0 aliphatic carbocycles. The van der Waals surface area contributed by atoms with Gasteiger partial charge >= 0.3 is 0 Å². The zero-order valence-electron chi connectivity index (χ0n) is 11.7. The van der Waals surface area contributed by atoms with E-state index in [0.717, 1.165) is 25.8 Å². The summed E-state index contributed by atoms with van der Waals surface area (Å²) in [5.74, 6) is 2.19. The smallest absolute Gasteiger partial charge is 0.1000 e. The predicted molar refractivity (Wildman–Crippen MR) is 82.4 cm³/mol. The quantitative estimate of drug-likeness (QED) is 0.351. The average molecular weight is 261 g/mol.